The molecule has 0 aromatic heterocycles. The predicted molar refractivity (Wildman–Crippen MR) is 146 cm³/mol. The molecule has 2 aliphatic rings. The Morgan fingerprint density at radius 1 is 1.00 bits per heavy atom. The van der Waals surface area contributed by atoms with Gasteiger partial charge in [-0.15, -0.1) is 0 Å². The Hall–Kier alpha value is -3.93. The van der Waals surface area contributed by atoms with Crippen LogP contribution >= 0.6 is 0 Å². The third-order valence-corrected chi connectivity index (χ3v) is 7.72. The van der Waals surface area contributed by atoms with Gasteiger partial charge in [0.25, 0.3) is 0 Å². The lowest BCUT2D eigenvalue weighted by Crippen LogP contribution is -2.39. The molecule has 38 heavy (non-hydrogen) atoms. The number of fused-ring (bicyclic) bond motifs is 1. The number of ether oxygens (including phenoxy) is 1. The average Bonchev–Trinajstić information content (AvgIpc) is 3.76. The van der Waals surface area contributed by atoms with Gasteiger partial charge in [-0.25, -0.2) is 4.79 Å². The van der Waals surface area contributed by atoms with Crippen LogP contribution in [0, 0.1) is 11.8 Å². The van der Waals surface area contributed by atoms with Crippen LogP contribution in [0.4, 0.5) is 0 Å². The van der Waals surface area contributed by atoms with Gasteiger partial charge in [0.1, 0.15) is 0 Å². The van der Waals surface area contributed by atoms with Crippen LogP contribution in [0.3, 0.4) is 0 Å². The molecule has 1 N–H and O–H groups in total. The van der Waals surface area contributed by atoms with Gasteiger partial charge in [-0.2, -0.15) is 0 Å². The summed E-state index contributed by atoms with van der Waals surface area (Å²) in [7, 11) is 1.38. The summed E-state index contributed by atoms with van der Waals surface area (Å²) in [6.45, 7) is 5.42. The van der Waals surface area contributed by atoms with Crippen molar-refractivity contribution in [2.45, 2.75) is 45.7 Å². The number of rotatable bonds is 7. The molecular formula is C32H34N2O4. The zero-order valence-corrected chi connectivity index (χ0v) is 22.2. The van der Waals surface area contributed by atoms with Gasteiger partial charge < -0.3 is 15.0 Å². The quantitative estimate of drug-likeness (QED) is 0.449. The summed E-state index contributed by atoms with van der Waals surface area (Å²) in [5.41, 5.74) is 6.98. The Labute approximate surface area is 224 Å². The van der Waals surface area contributed by atoms with E-state index in [9.17, 15) is 14.4 Å². The zero-order chi connectivity index (χ0) is 26.8. The second kappa shape index (κ2) is 10.8. The van der Waals surface area contributed by atoms with Crippen molar-refractivity contribution < 1.29 is 19.1 Å². The number of methoxy groups -OCH3 is 1. The molecule has 0 unspecified atom stereocenters. The summed E-state index contributed by atoms with van der Waals surface area (Å²) in [4.78, 5) is 39.9. The summed E-state index contributed by atoms with van der Waals surface area (Å²) in [5.74, 6) is 0.0501. The van der Waals surface area contributed by atoms with Crippen molar-refractivity contribution in [3.05, 3.63) is 94.5 Å². The number of benzene rings is 3. The Morgan fingerprint density at radius 2 is 1.79 bits per heavy atom. The predicted octanol–water partition coefficient (Wildman–Crippen LogP) is 5.10. The molecule has 2 amide bonds. The monoisotopic (exact) mass is 510 g/mol. The van der Waals surface area contributed by atoms with Crippen molar-refractivity contribution in [3.63, 3.8) is 0 Å². The van der Waals surface area contributed by atoms with Gasteiger partial charge >= 0.3 is 5.97 Å². The average molecular weight is 511 g/mol. The second-order valence-corrected chi connectivity index (χ2v) is 10.5. The first kappa shape index (κ1) is 25.7. The smallest absolute Gasteiger partial charge is 0.337 e. The lowest BCUT2D eigenvalue weighted by atomic mass is 9.86. The van der Waals surface area contributed by atoms with Crippen LogP contribution in [0.1, 0.15) is 58.8 Å². The third kappa shape index (κ3) is 5.21. The summed E-state index contributed by atoms with van der Waals surface area (Å²) in [5, 5.41) is 3.16. The number of hydrogen-bond donors (Lipinski definition) is 1. The maximum Gasteiger partial charge on any atom is 0.337 e. The molecule has 1 fully saturated rings. The van der Waals surface area contributed by atoms with E-state index in [-0.39, 0.29) is 35.5 Å². The van der Waals surface area contributed by atoms with E-state index < -0.39 is 0 Å². The molecule has 6 heteroatoms. The highest BCUT2D eigenvalue weighted by atomic mass is 16.5. The van der Waals surface area contributed by atoms with Gasteiger partial charge in [0.05, 0.1) is 12.7 Å². The first-order chi connectivity index (χ1) is 18.4. The van der Waals surface area contributed by atoms with Crippen LogP contribution in [-0.2, 0) is 33.8 Å². The van der Waals surface area contributed by atoms with Crippen LogP contribution in [0.25, 0.3) is 11.1 Å². The molecule has 3 aromatic carbocycles. The number of nitrogens with zero attached hydrogens (tertiary/aromatic N) is 1. The summed E-state index contributed by atoms with van der Waals surface area (Å²) >= 11 is 0. The van der Waals surface area contributed by atoms with Crippen LogP contribution in [0.2, 0.25) is 0 Å². The maximum absolute atomic E-state index is 13.0. The molecule has 0 saturated heterocycles. The molecule has 1 aliphatic carbocycles. The molecule has 196 valence electrons. The Morgan fingerprint density at radius 3 is 2.53 bits per heavy atom. The topological polar surface area (TPSA) is 75.7 Å². The lowest BCUT2D eigenvalue weighted by Gasteiger charge is -2.33. The highest BCUT2D eigenvalue weighted by Gasteiger charge is 2.43. The van der Waals surface area contributed by atoms with E-state index >= 15 is 0 Å². The standard InChI is InChI=1S/C32H34N2O4/c1-20(2)31(36)34-15-14-26-25(22-10-7-11-23(16-22)32(37)38-3)13-12-24(29(26)19-34)18-33-30(35)28-17-27(28)21-8-5-4-6-9-21/h4-13,16,20,27-28H,14-15,17-19H2,1-3H3,(H,33,35)/t27-,28-/m1/s1. The molecule has 5 rings (SSSR count). The minimum Gasteiger partial charge on any atom is -0.465 e. The van der Waals surface area contributed by atoms with Crippen LogP contribution < -0.4 is 5.32 Å². The van der Waals surface area contributed by atoms with Crippen molar-refractivity contribution in [2.24, 2.45) is 11.8 Å². The third-order valence-electron chi connectivity index (χ3n) is 7.72. The number of carbonyl (C=O) groups is 3. The number of carbonyl (C=O) groups excluding carboxylic acids is 3. The minimum atomic E-state index is -0.373. The first-order valence-corrected chi connectivity index (χ1v) is 13.3. The molecule has 1 aliphatic heterocycles. The van der Waals surface area contributed by atoms with E-state index in [0.29, 0.717) is 31.6 Å². The molecule has 0 spiro atoms. The Balaban J connectivity index is 1.41. The van der Waals surface area contributed by atoms with E-state index in [4.69, 9.17) is 4.74 Å². The number of hydrogen-bond acceptors (Lipinski definition) is 4. The molecule has 1 heterocycles. The molecule has 6 nitrogen and oxygen atoms in total. The normalized spacial score (nSPS) is 18.1. The fourth-order valence-corrected chi connectivity index (χ4v) is 5.53. The summed E-state index contributed by atoms with van der Waals surface area (Å²) in [6, 6.07) is 21.8. The van der Waals surface area contributed by atoms with Gasteiger partial charge in [0, 0.05) is 31.5 Å². The van der Waals surface area contributed by atoms with E-state index in [1.165, 1.54) is 18.2 Å². The highest BCUT2D eigenvalue weighted by molar-refractivity contribution is 5.91. The molecular weight excluding hydrogens is 476 g/mol. The first-order valence-electron chi connectivity index (χ1n) is 13.3. The van der Waals surface area contributed by atoms with Crippen molar-refractivity contribution in [1.29, 1.82) is 0 Å². The number of nitrogens with one attached hydrogen (secondary N) is 1. The molecule has 0 bridgehead atoms. The van der Waals surface area contributed by atoms with E-state index in [0.717, 1.165) is 28.7 Å². The second-order valence-electron chi connectivity index (χ2n) is 10.5. The largest absolute Gasteiger partial charge is 0.465 e. The Bertz CT molecular complexity index is 1370. The highest BCUT2D eigenvalue weighted by Crippen LogP contribution is 2.47. The number of esters is 1. The van der Waals surface area contributed by atoms with Gasteiger partial charge in [-0.1, -0.05) is 68.4 Å². The van der Waals surface area contributed by atoms with E-state index in [2.05, 4.69) is 23.5 Å². The van der Waals surface area contributed by atoms with Crippen molar-refractivity contribution in [3.8, 4) is 11.1 Å². The lowest BCUT2D eigenvalue weighted by molar-refractivity contribution is -0.135. The van der Waals surface area contributed by atoms with Crippen molar-refractivity contribution >= 4 is 17.8 Å². The molecule has 0 radical (unpaired) electrons. The SMILES string of the molecule is COC(=O)c1cccc(-c2ccc(CNC(=O)[C@@H]3C[C@@H]3c3ccccc3)c3c2CCN(C(=O)C(C)C)C3)c1. The Kier molecular flexibility index (Phi) is 7.32. The van der Waals surface area contributed by atoms with Gasteiger partial charge in [0.15, 0.2) is 0 Å². The molecule has 2 atom stereocenters. The fourth-order valence-electron chi connectivity index (χ4n) is 5.53. The minimum absolute atomic E-state index is 0.00702. The van der Waals surface area contributed by atoms with Crippen LogP contribution in [-0.4, -0.2) is 36.3 Å². The van der Waals surface area contributed by atoms with Crippen molar-refractivity contribution in [1.82, 2.24) is 10.2 Å². The maximum atomic E-state index is 13.0. The summed E-state index contributed by atoms with van der Waals surface area (Å²) in [6.07, 6.45) is 1.59. The van der Waals surface area contributed by atoms with Gasteiger partial charge in [-0.05, 0) is 64.3 Å². The van der Waals surface area contributed by atoms with E-state index in [1.807, 2.05) is 61.2 Å². The molecule has 3 aromatic rings. The van der Waals surface area contributed by atoms with Crippen molar-refractivity contribution in [2.75, 3.05) is 13.7 Å². The summed E-state index contributed by atoms with van der Waals surface area (Å²) < 4.78 is 4.91. The zero-order valence-electron chi connectivity index (χ0n) is 22.2. The fraction of sp³-hybridized carbons (Fsp3) is 0.344. The molecule has 1 saturated carbocycles. The van der Waals surface area contributed by atoms with E-state index in [1.54, 1.807) is 6.07 Å². The van der Waals surface area contributed by atoms with Crippen LogP contribution in [0.5, 0.6) is 0 Å². The number of amides is 2. The van der Waals surface area contributed by atoms with Gasteiger partial charge in [-0.3, -0.25) is 9.59 Å². The van der Waals surface area contributed by atoms with Crippen LogP contribution in [0.15, 0.2) is 66.7 Å². The van der Waals surface area contributed by atoms with Gasteiger partial charge in [0.2, 0.25) is 11.8 Å².